The van der Waals surface area contributed by atoms with Gasteiger partial charge in [-0.15, -0.1) is 12.4 Å². The second-order valence-electron chi connectivity index (χ2n) is 4.25. The highest BCUT2D eigenvalue weighted by Crippen LogP contribution is 2.10. The first kappa shape index (κ1) is 15.7. The summed E-state index contributed by atoms with van der Waals surface area (Å²) < 4.78 is 22.1. The fourth-order valence-corrected chi connectivity index (χ4v) is 2.62. The lowest BCUT2D eigenvalue weighted by molar-refractivity contribution is -0.137. The zero-order chi connectivity index (χ0) is 11.6. The molecule has 1 unspecified atom stereocenters. The highest BCUT2D eigenvalue weighted by atomic mass is 35.5. The molecule has 0 aliphatic carbocycles. The quantitative estimate of drug-likeness (QED) is 0.749. The maximum atomic E-state index is 11.7. The molecule has 5 nitrogen and oxygen atoms in total. The standard InChI is InChI=1S/C9H18N2O3S.ClH/c1-7(6-15(3,13)14)11(2)9(12)8-4-10-5-8;/h7-8,10H,4-6H2,1-3H3;1H. The van der Waals surface area contributed by atoms with Crippen LogP contribution in [0.1, 0.15) is 6.92 Å². The molecule has 0 spiro atoms. The molecule has 1 atom stereocenters. The van der Waals surface area contributed by atoms with Gasteiger partial charge in [-0.05, 0) is 6.92 Å². The van der Waals surface area contributed by atoms with Crippen molar-refractivity contribution < 1.29 is 13.2 Å². The van der Waals surface area contributed by atoms with Crippen LogP contribution in [-0.2, 0) is 14.6 Å². The lowest BCUT2D eigenvalue weighted by Crippen LogP contribution is -2.53. The Bertz CT molecular complexity index is 341. The Hall–Kier alpha value is -0.330. The largest absolute Gasteiger partial charge is 0.342 e. The molecular formula is C9H19ClN2O3S. The number of carbonyl (C=O) groups is 1. The summed E-state index contributed by atoms with van der Waals surface area (Å²) in [6.07, 6.45) is 1.19. The van der Waals surface area contributed by atoms with Gasteiger partial charge >= 0.3 is 0 Å². The summed E-state index contributed by atoms with van der Waals surface area (Å²) in [5, 5.41) is 3.02. The minimum atomic E-state index is -3.03. The topological polar surface area (TPSA) is 66.5 Å². The Morgan fingerprint density at radius 1 is 1.50 bits per heavy atom. The van der Waals surface area contributed by atoms with Gasteiger partial charge in [0, 0.05) is 32.4 Å². The molecule has 16 heavy (non-hydrogen) atoms. The highest BCUT2D eigenvalue weighted by Gasteiger charge is 2.30. The summed E-state index contributed by atoms with van der Waals surface area (Å²) in [5.41, 5.74) is 0. The Morgan fingerprint density at radius 3 is 2.31 bits per heavy atom. The van der Waals surface area contributed by atoms with Gasteiger partial charge in [0.25, 0.3) is 0 Å². The van der Waals surface area contributed by atoms with Crippen LogP contribution in [0.15, 0.2) is 0 Å². The van der Waals surface area contributed by atoms with Crippen LogP contribution in [0.2, 0.25) is 0 Å². The Labute approximate surface area is 103 Å². The van der Waals surface area contributed by atoms with E-state index in [1.165, 1.54) is 11.2 Å². The molecule has 1 rings (SSSR count). The van der Waals surface area contributed by atoms with Crippen LogP contribution in [0, 0.1) is 5.92 Å². The third-order valence-electron chi connectivity index (χ3n) is 2.68. The van der Waals surface area contributed by atoms with Crippen LogP contribution in [0.25, 0.3) is 0 Å². The monoisotopic (exact) mass is 270 g/mol. The molecule has 0 aromatic carbocycles. The lowest BCUT2D eigenvalue weighted by atomic mass is 10.0. The minimum absolute atomic E-state index is 0. The number of rotatable bonds is 4. The normalized spacial score (nSPS) is 18.2. The summed E-state index contributed by atoms with van der Waals surface area (Å²) in [6.45, 7) is 3.16. The number of nitrogens with zero attached hydrogens (tertiary/aromatic N) is 1. The van der Waals surface area contributed by atoms with E-state index >= 15 is 0 Å². The maximum absolute atomic E-state index is 11.7. The van der Waals surface area contributed by atoms with Crippen LogP contribution in [0.3, 0.4) is 0 Å². The van der Waals surface area contributed by atoms with Gasteiger partial charge in [-0.3, -0.25) is 4.79 Å². The summed E-state index contributed by atoms with van der Waals surface area (Å²) in [7, 11) is -1.36. The molecule has 96 valence electrons. The zero-order valence-electron chi connectivity index (χ0n) is 9.76. The van der Waals surface area contributed by atoms with Crippen molar-refractivity contribution in [1.29, 1.82) is 0 Å². The predicted molar refractivity (Wildman–Crippen MR) is 65.6 cm³/mol. The summed E-state index contributed by atoms with van der Waals surface area (Å²) in [5.74, 6) is 0.0805. The second-order valence-corrected chi connectivity index (χ2v) is 6.43. The van der Waals surface area contributed by atoms with Crippen LogP contribution in [0.4, 0.5) is 0 Å². The van der Waals surface area contributed by atoms with Gasteiger partial charge in [0.15, 0.2) is 0 Å². The molecule has 7 heteroatoms. The van der Waals surface area contributed by atoms with Gasteiger partial charge < -0.3 is 10.2 Å². The molecular weight excluding hydrogens is 252 g/mol. The molecule has 1 aliphatic heterocycles. The number of hydrogen-bond acceptors (Lipinski definition) is 4. The van der Waals surface area contributed by atoms with Crippen molar-refractivity contribution in [2.24, 2.45) is 5.92 Å². The molecule has 0 aromatic rings. The second kappa shape index (κ2) is 5.84. The van der Waals surface area contributed by atoms with Crippen LogP contribution >= 0.6 is 12.4 Å². The predicted octanol–water partition coefficient (Wildman–Crippen LogP) is -0.481. The average molecular weight is 271 g/mol. The number of halogens is 1. The van der Waals surface area contributed by atoms with Gasteiger partial charge in [-0.1, -0.05) is 0 Å². The van der Waals surface area contributed by atoms with E-state index in [4.69, 9.17) is 0 Å². The van der Waals surface area contributed by atoms with E-state index in [-0.39, 0.29) is 36.0 Å². The third-order valence-corrected chi connectivity index (χ3v) is 3.77. The van der Waals surface area contributed by atoms with Crippen molar-refractivity contribution in [1.82, 2.24) is 10.2 Å². The van der Waals surface area contributed by atoms with Gasteiger partial charge in [0.2, 0.25) is 5.91 Å². The molecule has 0 bridgehead atoms. The van der Waals surface area contributed by atoms with Crippen LogP contribution in [-0.4, -0.2) is 57.4 Å². The molecule has 1 N–H and O–H groups in total. The van der Waals surface area contributed by atoms with Crippen molar-refractivity contribution >= 4 is 28.2 Å². The Morgan fingerprint density at radius 2 is 2.00 bits per heavy atom. The van der Waals surface area contributed by atoms with Gasteiger partial charge in [-0.2, -0.15) is 0 Å². The Kier molecular flexibility index (Phi) is 5.72. The van der Waals surface area contributed by atoms with Gasteiger partial charge in [-0.25, -0.2) is 8.42 Å². The number of amides is 1. The van der Waals surface area contributed by atoms with Crippen LogP contribution < -0.4 is 5.32 Å². The van der Waals surface area contributed by atoms with E-state index < -0.39 is 9.84 Å². The molecule has 1 saturated heterocycles. The zero-order valence-corrected chi connectivity index (χ0v) is 11.4. The molecule has 1 amide bonds. The molecule has 1 heterocycles. The summed E-state index contributed by atoms with van der Waals surface area (Å²) >= 11 is 0. The number of sulfone groups is 1. The smallest absolute Gasteiger partial charge is 0.228 e. The van der Waals surface area contributed by atoms with E-state index in [1.807, 2.05) is 0 Å². The van der Waals surface area contributed by atoms with Crippen molar-refractivity contribution in [2.45, 2.75) is 13.0 Å². The number of hydrogen-bond donors (Lipinski definition) is 1. The van der Waals surface area contributed by atoms with Crippen molar-refractivity contribution in [3.8, 4) is 0 Å². The fourth-order valence-electron chi connectivity index (χ4n) is 1.52. The lowest BCUT2D eigenvalue weighted by Gasteiger charge is -2.33. The molecule has 0 aromatic heterocycles. The summed E-state index contributed by atoms with van der Waals surface area (Å²) in [6, 6.07) is -0.256. The number of carbonyl (C=O) groups excluding carboxylic acids is 1. The van der Waals surface area contributed by atoms with Gasteiger partial charge in [0.05, 0.1) is 11.7 Å². The Balaban J connectivity index is 0.00000225. The summed E-state index contributed by atoms with van der Waals surface area (Å²) in [4.78, 5) is 13.3. The van der Waals surface area contributed by atoms with Crippen LogP contribution in [0.5, 0.6) is 0 Å². The first-order valence-corrected chi connectivity index (χ1v) is 7.02. The minimum Gasteiger partial charge on any atom is -0.342 e. The van der Waals surface area contributed by atoms with Crippen molar-refractivity contribution in [2.75, 3.05) is 32.1 Å². The molecule has 0 radical (unpaired) electrons. The van der Waals surface area contributed by atoms with Crippen molar-refractivity contribution in [3.63, 3.8) is 0 Å². The highest BCUT2D eigenvalue weighted by molar-refractivity contribution is 7.90. The first-order chi connectivity index (χ1) is 6.81. The van der Waals surface area contributed by atoms with E-state index in [9.17, 15) is 13.2 Å². The van der Waals surface area contributed by atoms with E-state index in [1.54, 1.807) is 14.0 Å². The first-order valence-electron chi connectivity index (χ1n) is 4.96. The van der Waals surface area contributed by atoms with E-state index in [2.05, 4.69) is 5.32 Å². The maximum Gasteiger partial charge on any atom is 0.228 e. The number of nitrogens with one attached hydrogen (secondary N) is 1. The van der Waals surface area contributed by atoms with E-state index in [0.717, 1.165) is 0 Å². The molecule has 1 fully saturated rings. The SMILES string of the molecule is CC(CS(C)(=O)=O)N(C)C(=O)C1CNC1.Cl. The molecule has 0 saturated carbocycles. The van der Waals surface area contributed by atoms with Crippen molar-refractivity contribution in [3.05, 3.63) is 0 Å². The van der Waals surface area contributed by atoms with E-state index in [0.29, 0.717) is 13.1 Å². The molecule has 1 aliphatic rings. The fraction of sp³-hybridized carbons (Fsp3) is 0.889. The average Bonchev–Trinajstić information content (AvgIpc) is 1.96. The third kappa shape index (κ3) is 4.27. The van der Waals surface area contributed by atoms with Gasteiger partial charge in [0.1, 0.15) is 9.84 Å².